The fraction of sp³-hybridized carbons (Fsp3) is 0.417. The third kappa shape index (κ3) is 4.02. The monoisotopic (exact) mass is 206 g/mol. The molecule has 3 heteroatoms. The first-order chi connectivity index (χ1) is 7.09. The maximum atomic E-state index is 11.7. The Morgan fingerprint density at radius 3 is 2.47 bits per heavy atom. The van der Waals surface area contributed by atoms with Crippen LogP contribution in [0.4, 0.5) is 10.5 Å². The summed E-state index contributed by atoms with van der Waals surface area (Å²) in [5.41, 5.74) is 0.832. The van der Waals surface area contributed by atoms with Gasteiger partial charge in [-0.3, -0.25) is 0 Å². The van der Waals surface area contributed by atoms with Crippen LogP contribution in [0.15, 0.2) is 30.3 Å². The van der Waals surface area contributed by atoms with Gasteiger partial charge in [-0.2, -0.15) is 0 Å². The van der Waals surface area contributed by atoms with Crippen LogP contribution in [0, 0.1) is 5.92 Å². The quantitative estimate of drug-likeness (QED) is 0.810. The molecule has 1 aromatic rings. The molecule has 0 aromatic heterocycles. The maximum absolute atomic E-state index is 11.7. The van der Waals surface area contributed by atoms with Crippen LogP contribution >= 0.6 is 0 Å². The lowest BCUT2D eigenvalue weighted by Crippen LogP contribution is -2.34. The first kappa shape index (κ1) is 11.6. The van der Waals surface area contributed by atoms with E-state index in [0.717, 1.165) is 12.2 Å². The van der Waals surface area contributed by atoms with E-state index in [0.29, 0.717) is 5.92 Å². The van der Waals surface area contributed by atoms with Gasteiger partial charge in [0, 0.05) is 19.3 Å². The van der Waals surface area contributed by atoms with Gasteiger partial charge < -0.3 is 10.2 Å². The molecule has 0 saturated heterocycles. The van der Waals surface area contributed by atoms with Gasteiger partial charge in [-0.15, -0.1) is 0 Å². The summed E-state index contributed by atoms with van der Waals surface area (Å²) in [5, 5.41) is 2.83. The fourth-order valence-corrected chi connectivity index (χ4v) is 1.37. The normalized spacial score (nSPS) is 10.1. The predicted molar refractivity (Wildman–Crippen MR) is 62.9 cm³/mol. The SMILES string of the molecule is CC(C)CN(C)C(=O)Nc1ccccc1. The summed E-state index contributed by atoms with van der Waals surface area (Å²) >= 11 is 0. The number of carbonyl (C=O) groups excluding carboxylic acids is 1. The van der Waals surface area contributed by atoms with Crippen molar-refractivity contribution in [2.45, 2.75) is 13.8 Å². The maximum Gasteiger partial charge on any atom is 0.321 e. The van der Waals surface area contributed by atoms with Gasteiger partial charge in [-0.1, -0.05) is 32.0 Å². The van der Waals surface area contributed by atoms with Crippen molar-refractivity contribution in [2.24, 2.45) is 5.92 Å². The summed E-state index contributed by atoms with van der Waals surface area (Å²) in [6.07, 6.45) is 0. The first-order valence-corrected chi connectivity index (χ1v) is 5.16. The van der Waals surface area contributed by atoms with Crippen molar-refractivity contribution in [1.29, 1.82) is 0 Å². The standard InChI is InChI=1S/C12H18N2O/c1-10(2)9-14(3)12(15)13-11-7-5-4-6-8-11/h4-8,10H,9H2,1-3H3,(H,13,15). The Morgan fingerprint density at radius 2 is 1.93 bits per heavy atom. The molecule has 1 aromatic carbocycles. The van der Waals surface area contributed by atoms with Crippen molar-refractivity contribution in [3.8, 4) is 0 Å². The number of hydrogen-bond acceptors (Lipinski definition) is 1. The van der Waals surface area contributed by atoms with E-state index in [1.54, 1.807) is 11.9 Å². The van der Waals surface area contributed by atoms with Gasteiger partial charge in [0.1, 0.15) is 0 Å². The second-order valence-corrected chi connectivity index (χ2v) is 4.07. The minimum atomic E-state index is -0.0603. The highest BCUT2D eigenvalue weighted by molar-refractivity contribution is 5.89. The van der Waals surface area contributed by atoms with Crippen molar-refractivity contribution in [2.75, 3.05) is 18.9 Å². The Hall–Kier alpha value is -1.51. The van der Waals surface area contributed by atoms with Crippen molar-refractivity contribution >= 4 is 11.7 Å². The number of nitrogens with zero attached hydrogens (tertiary/aromatic N) is 1. The zero-order chi connectivity index (χ0) is 11.3. The number of carbonyl (C=O) groups is 1. The van der Waals surface area contributed by atoms with Crippen LogP contribution in [0.3, 0.4) is 0 Å². The van der Waals surface area contributed by atoms with Crippen LogP contribution in [0.25, 0.3) is 0 Å². The molecule has 3 nitrogen and oxygen atoms in total. The molecule has 0 spiro atoms. The molecule has 0 saturated carbocycles. The third-order valence-electron chi connectivity index (χ3n) is 2.01. The highest BCUT2D eigenvalue weighted by atomic mass is 16.2. The van der Waals surface area contributed by atoms with E-state index in [2.05, 4.69) is 19.2 Å². The van der Waals surface area contributed by atoms with E-state index in [9.17, 15) is 4.79 Å². The topological polar surface area (TPSA) is 32.3 Å². The molecule has 1 N–H and O–H groups in total. The number of anilines is 1. The van der Waals surface area contributed by atoms with E-state index in [-0.39, 0.29) is 6.03 Å². The number of amides is 2. The summed E-state index contributed by atoms with van der Waals surface area (Å²) in [5.74, 6) is 0.483. The summed E-state index contributed by atoms with van der Waals surface area (Å²) in [4.78, 5) is 13.4. The third-order valence-corrected chi connectivity index (χ3v) is 2.01. The van der Waals surface area contributed by atoms with Crippen LogP contribution in [0.1, 0.15) is 13.8 Å². The highest BCUT2D eigenvalue weighted by Gasteiger charge is 2.09. The minimum Gasteiger partial charge on any atom is -0.327 e. The fourth-order valence-electron chi connectivity index (χ4n) is 1.37. The minimum absolute atomic E-state index is 0.0603. The van der Waals surface area contributed by atoms with Gasteiger partial charge in [-0.25, -0.2) is 4.79 Å². The molecule has 0 aliphatic rings. The Balaban J connectivity index is 2.49. The van der Waals surface area contributed by atoms with Crippen LogP contribution in [-0.4, -0.2) is 24.5 Å². The van der Waals surface area contributed by atoms with Gasteiger partial charge in [0.05, 0.1) is 0 Å². The molecule has 0 fully saturated rings. The Morgan fingerprint density at radius 1 is 1.33 bits per heavy atom. The van der Waals surface area contributed by atoms with E-state index >= 15 is 0 Å². The molecule has 0 bridgehead atoms. The average Bonchev–Trinajstić information content (AvgIpc) is 2.18. The molecule has 1 rings (SSSR count). The van der Waals surface area contributed by atoms with Crippen LogP contribution < -0.4 is 5.32 Å². The van der Waals surface area contributed by atoms with Crippen LogP contribution in [0.5, 0.6) is 0 Å². The molecule has 2 amide bonds. The van der Waals surface area contributed by atoms with Gasteiger partial charge in [-0.05, 0) is 18.1 Å². The molecular formula is C12H18N2O. The molecule has 0 radical (unpaired) electrons. The summed E-state index contributed by atoms with van der Waals surface area (Å²) < 4.78 is 0. The van der Waals surface area contributed by atoms with E-state index < -0.39 is 0 Å². The van der Waals surface area contributed by atoms with Crippen molar-refractivity contribution in [3.63, 3.8) is 0 Å². The summed E-state index contributed by atoms with van der Waals surface area (Å²) in [6.45, 7) is 4.94. The van der Waals surface area contributed by atoms with Crippen molar-refractivity contribution in [3.05, 3.63) is 30.3 Å². The molecule has 0 aliphatic carbocycles. The Labute approximate surface area is 91.1 Å². The Kier molecular flexibility index (Phi) is 4.16. The van der Waals surface area contributed by atoms with Gasteiger partial charge >= 0.3 is 6.03 Å². The lowest BCUT2D eigenvalue weighted by atomic mass is 10.2. The second kappa shape index (κ2) is 5.39. The zero-order valence-electron chi connectivity index (χ0n) is 9.53. The van der Waals surface area contributed by atoms with E-state index in [1.807, 2.05) is 30.3 Å². The molecule has 82 valence electrons. The lowest BCUT2D eigenvalue weighted by molar-refractivity contribution is 0.217. The van der Waals surface area contributed by atoms with Crippen molar-refractivity contribution in [1.82, 2.24) is 4.90 Å². The Bertz CT molecular complexity index is 309. The van der Waals surface area contributed by atoms with Gasteiger partial charge in [0.2, 0.25) is 0 Å². The molecular weight excluding hydrogens is 188 g/mol. The smallest absolute Gasteiger partial charge is 0.321 e. The van der Waals surface area contributed by atoms with E-state index in [4.69, 9.17) is 0 Å². The molecule has 0 aliphatic heterocycles. The van der Waals surface area contributed by atoms with Gasteiger partial charge in [0.15, 0.2) is 0 Å². The number of urea groups is 1. The molecule has 0 atom stereocenters. The largest absolute Gasteiger partial charge is 0.327 e. The van der Waals surface area contributed by atoms with Crippen LogP contribution in [0.2, 0.25) is 0 Å². The number of rotatable bonds is 3. The number of para-hydroxylation sites is 1. The number of benzene rings is 1. The average molecular weight is 206 g/mol. The number of hydrogen-bond donors (Lipinski definition) is 1. The van der Waals surface area contributed by atoms with E-state index in [1.165, 1.54) is 0 Å². The second-order valence-electron chi connectivity index (χ2n) is 4.07. The van der Waals surface area contributed by atoms with Crippen molar-refractivity contribution < 1.29 is 4.79 Å². The highest BCUT2D eigenvalue weighted by Crippen LogP contribution is 2.06. The molecule has 0 unspecified atom stereocenters. The molecule has 15 heavy (non-hydrogen) atoms. The zero-order valence-corrected chi connectivity index (χ0v) is 9.53. The lowest BCUT2D eigenvalue weighted by Gasteiger charge is -2.19. The summed E-state index contributed by atoms with van der Waals surface area (Å²) in [6, 6.07) is 9.42. The van der Waals surface area contributed by atoms with Gasteiger partial charge in [0.25, 0.3) is 0 Å². The number of nitrogens with one attached hydrogen (secondary N) is 1. The summed E-state index contributed by atoms with van der Waals surface area (Å²) in [7, 11) is 1.80. The van der Waals surface area contributed by atoms with Crippen LogP contribution in [-0.2, 0) is 0 Å². The first-order valence-electron chi connectivity index (χ1n) is 5.16. The molecule has 0 heterocycles. The predicted octanol–water partition coefficient (Wildman–Crippen LogP) is 2.81.